The van der Waals surface area contributed by atoms with Crippen LogP contribution in [0.1, 0.15) is 15.9 Å². The number of ketones is 1. The van der Waals surface area contributed by atoms with Crippen molar-refractivity contribution in [3.8, 4) is 0 Å². The molecule has 18 heavy (non-hydrogen) atoms. The minimum atomic E-state index is -0.907. The third kappa shape index (κ3) is 2.44. The number of carbonyl (C=O) groups excluding carboxylic acids is 1. The van der Waals surface area contributed by atoms with Gasteiger partial charge in [0, 0.05) is 10.6 Å². The molecule has 0 saturated carbocycles. The first-order chi connectivity index (χ1) is 8.50. The first kappa shape index (κ1) is 13.2. The van der Waals surface area contributed by atoms with Crippen molar-refractivity contribution >= 4 is 33.3 Å². The van der Waals surface area contributed by atoms with Gasteiger partial charge in [0.25, 0.3) is 0 Å². The van der Waals surface area contributed by atoms with Crippen molar-refractivity contribution in [2.75, 3.05) is 0 Å². The summed E-state index contributed by atoms with van der Waals surface area (Å²) in [5.74, 6) is -2.52. The molecule has 1 nitrogen and oxygen atoms in total. The number of benzene rings is 2. The zero-order chi connectivity index (χ0) is 13.3. The van der Waals surface area contributed by atoms with Crippen LogP contribution in [0.25, 0.3) is 0 Å². The van der Waals surface area contributed by atoms with E-state index >= 15 is 0 Å². The van der Waals surface area contributed by atoms with Crippen LogP contribution in [0.15, 0.2) is 40.9 Å². The number of hydrogen-bond acceptors (Lipinski definition) is 1. The second-order valence-corrected chi connectivity index (χ2v) is 4.84. The van der Waals surface area contributed by atoms with Gasteiger partial charge in [0.05, 0.1) is 10.0 Å². The lowest BCUT2D eigenvalue weighted by Crippen LogP contribution is -2.07. The highest BCUT2D eigenvalue weighted by Gasteiger charge is 2.20. The Kier molecular flexibility index (Phi) is 3.78. The summed E-state index contributed by atoms with van der Waals surface area (Å²) < 4.78 is 27.3. The molecule has 0 N–H and O–H groups in total. The average molecular weight is 332 g/mol. The molecule has 0 aliphatic heterocycles. The van der Waals surface area contributed by atoms with Crippen LogP contribution in [0.4, 0.5) is 8.78 Å². The Morgan fingerprint density at radius 2 is 1.67 bits per heavy atom. The molecule has 2 rings (SSSR count). The molecule has 2 aromatic carbocycles. The Bertz CT molecular complexity index is 611. The van der Waals surface area contributed by atoms with Crippen molar-refractivity contribution in [1.29, 1.82) is 0 Å². The van der Waals surface area contributed by atoms with Crippen LogP contribution in [0.2, 0.25) is 5.02 Å². The summed E-state index contributed by atoms with van der Waals surface area (Å²) in [4.78, 5) is 12.0. The fourth-order valence-electron chi connectivity index (χ4n) is 1.48. The maximum atomic E-state index is 13.7. The zero-order valence-electron chi connectivity index (χ0n) is 8.88. The van der Waals surface area contributed by atoms with Gasteiger partial charge in [-0.05, 0) is 52.3 Å². The van der Waals surface area contributed by atoms with E-state index in [1.54, 1.807) is 0 Å². The molecule has 0 atom stereocenters. The van der Waals surface area contributed by atoms with Gasteiger partial charge in [-0.2, -0.15) is 0 Å². The molecular formula is C13H6BrClF2O. The molecule has 0 saturated heterocycles. The third-order valence-electron chi connectivity index (χ3n) is 2.38. The SMILES string of the molecule is O=C(c1ccc(Cl)cc1)c1c(F)ccc(Br)c1F. The van der Waals surface area contributed by atoms with Gasteiger partial charge in [-0.1, -0.05) is 11.6 Å². The minimum absolute atomic E-state index is 0.0428. The maximum Gasteiger partial charge on any atom is 0.198 e. The fourth-order valence-corrected chi connectivity index (χ4v) is 1.94. The van der Waals surface area contributed by atoms with Gasteiger partial charge in [-0.15, -0.1) is 0 Å². The second-order valence-electron chi connectivity index (χ2n) is 3.55. The highest BCUT2D eigenvalue weighted by atomic mass is 79.9. The van der Waals surface area contributed by atoms with E-state index in [1.807, 2.05) is 0 Å². The quantitative estimate of drug-likeness (QED) is 0.580. The van der Waals surface area contributed by atoms with Gasteiger partial charge in [-0.25, -0.2) is 8.78 Å². The van der Waals surface area contributed by atoms with E-state index < -0.39 is 23.0 Å². The van der Waals surface area contributed by atoms with E-state index in [2.05, 4.69) is 15.9 Å². The first-order valence-electron chi connectivity index (χ1n) is 4.94. The summed E-state index contributed by atoms with van der Waals surface area (Å²) in [6, 6.07) is 8.07. The highest BCUT2D eigenvalue weighted by molar-refractivity contribution is 9.10. The molecule has 0 amide bonds. The van der Waals surface area contributed by atoms with Crippen molar-refractivity contribution in [2.24, 2.45) is 0 Å². The fraction of sp³-hybridized carbons (Fsp3) is 0. The van der Waals surface area contributed by atoms with Gasteiger partial charge < -0.3 is 0 Å². The van der Waals surface area contributed by atoms with Gasteiger partial charge >= 0.3 is 0 Å². The predicted molar refractivity (Wildman–Crippen MR) is 68.9 cm³/mol. The number of hydrogen-bond donors (Lipinski definition) is 0. The van der Waals surface area contributed by atoms with Crippen LogP contribution in [-0.4, -0.2) is 5.78 Å². The predicted octanol–water partition coefficient (Wildman–Crippen LogP) is 4.61. The van der Waals surface area contributed by atoms with E-state index in [0.29, 0.717) is 5.02 Å². The monoisotopic (exact) mass is 330 g/mol. The molecule has 0 radical (unpaired) electrons. The van der Waals surface area contributed by atoms with Crippen LogP contribution in [0.5, 0.6) is 0 Å². The molecule has 2 aromatic rings. The summed E-state index contributed by atoms with van der Waals surface area (Å²) in [6.45, 7) is 0. The van der Waals surface area contributed by atoms with Gasteiger partial charge in [0.2, 0.25) is 0 Å². The molecule has 0 aromatic heterocycles. The van der Waals surface area contributed by atoms with Crippen LogP contribution in [-0.2, 0) is 0 Å². The van der Waals surface area contributed by atoms with Crippen LogP contribution < -0.4 is 0 Å². The lowest BCUT2D eigenvalue weighted by atomic mass is 10.0. The summed E-state index contributed by atoms with van der Waals surface area (Å²) in [6.07, 6.45) is 0. The van der Waals surface area contributed by atoms with E-state index in [1.165, 1.54) is 30.3 Å². The van der Waals surface area contributed by atoms with E-state index in [9.17, 15) is 13.6 Å². The lowest BCUT2D eigenvalue weighted by molar-refractivity contribution is 0.103. The summed E-state index contributed by atoms with van der Waals surface area (Å²) in [5, 5.41) is 0.446. The smallest absolute Gasteiger partial charge is 0.198 e. The molecule has 0 spiro atoms. The molecule has 0 bridgehead atoms. The normalized spacial score (nSPS) is 10.4. The Morgan fingerprint density at radius 3 is 2.28 bits per heavy atom. The zero-order valence-corrected chi connectivity index (χ0v) is 11.2. The maximum absolute atomic E-state index is 13.7. The third-order valence-corrected chi connectivity index (χ3v) is 3.24. The molecule has 0 aliphatic carbocycles. The number of rotatable bonds is 2. The molecule has 0 aliphatic rings. The molecule has 5 heteroatoms. The number of halogens is 4. The summed E-state index contributed by atoms with van der Waals surface area (Å²) in [5.41, 5.74) is -0.401. The van der Waals surface area contributed by atoms with Crippen molar-refractivity contribution in [2.45, 2.75) is 0 Å². The van der Waals surface area contributed by atoms with Crippen LogP contribution >= 0.6 is 27.5 Å². The molecule has 92 valence electrons. The highest BCUT2D eigenvalue weighted by Crippen LogP contribution is 2.24. The topological polar surface area (TPSA) is 17.1 Å². The average Bonchev–Trinajstić information content (AvgIpc) is 2.35. The largest absolute Gasteiger partial charge is 0.288 e. The molecule has 0 heterocycles. The second kappa shape index (κ2) is 5.16. The van der Waals surface area contributed by atoms with Crippen LogP contribution in [0, 0.1) is 11.6 Å². The van der Waals surface area contributed by atoms with Crippen molar-refractivity contribution in [3.63, 3.8) is 0 Å². The van der Waals surface area contributed by atoms with Crippen molar-refractivity contribution < 1.29 is 13.6 Å². The van der Waals surface area contributed by atoms with Crippen molar-refractivity contribution in [1.82, 2.24) is 0 Å². The minimum Gasteiger partial charge on any atom is -0.288 e. The first-order valence-corrected chi connectivity index (χ1v) is 6.11. The Morgan fingerprint density at radius 1 is 1.06 bits per heavy atom. The summed E-state index contributed by atoms with van der Waals surface area (Å²) in [7, 11) is 0. The van der Waals surface area contributed by atoms with Crippen molar-refractivity contribution in [3.05, 3.63) is 68.7 Å². The Balaban J connectivity index is 2.52. The summed E-state index contributed by atoms with van der Waals surface area (Å²) >= 11 is 8.60. The molecular weight excluding hydrogens is 325 g/mol. The van der Waals surface area contributed by atoms with E-state index in [-0.39, 0.29) is 10.0 Å². The van der Waals surface area contributed by atoms with E-state index in [0.717, 1.165) is 6.07 Å². The van der Waals surface area contributed by atoms with Gasteiger partial charge in [0.15, 0.2) is 11.6 Å². The molecule has 0 fully saturated rings. The Labute approximate surface area is 116 Å². The van der Waals surface area contributed by atoms with Gasteiger partial charge in [0.1, 0.15) is 5.82 Å². The van der Waals surface area contributed by atoms with E-state index in [4.69, 9.17) is 11.6 Å². The number of carbonyl (C=O) groups is 1. The molecule has 0 unspecified atom stereocenters. The standard InChI is InChI=1S/C13H6BrClF2O/c14-9-5-6-10(16)11(12(9)17)13(18)7-1-3-8(15)4-2-7/h1-6H. The van der Waals surface area contributed by atoms with Crippen LogP contribution in [0.3, 0.4) is 0 Å². The lowest BCUT2D eigenvalue weighted by Gasteiger charge is -2.05. The van der Waals surface area contributed by atoms with Gasteiger partial charge in [-0.3, -0.25) is 4.79 Å². The Hall–Kier alpha value is -1.26.